The second-order valence-corrected chi connectivity index (χ2v) is 10.2. The minimum atomic E-state index is -0.883. The minimum absolute atomic E-state index is 0.0248. The van der Waals surface area contributed by atoms with Gasteiger partial charge in [0.2, 0.25) is 0 Å². The Bertz CT molecular complexity index is 534. The van der Waals surface area contributed by atoms with Crippen molar-refractivity contribution in [1.82, 2.24) is 0 Å². The molecule has 5 nitrogen and oxygen atoms in total. The van der Waals surface area contributed by atoms with E-state index in [1.807, 2.05) is 0 Å². The lowest BCUT2D eigenvalue weighted by Gasteiger charge is -2.36. The first-order valence-electron chi connectivity index (χ1n) is 12.4. The number of hydrogen-bond donors (Lipinski definition) is 3. The molecule has 0 aliphatic heterocycles. The Morgan fingerprint density at radius 1 is 0.935 bits per heavy atom. The molecule has 0 spiro atoms. The van der Waals surface area contributed by atoms with Gasteiger partial charge in [0.1, 0.15) is 0 Å². The van der Waals surface area contributed by atoms with Crippen molar-refractivity contribution >= 4 is 23.7 Å². The maximum Gasteiger partial charge on any atom is 0.304 e. The van der Waals surface area contributed by atoms with Crippen LogP contribution in [0.1, 0.15) is 110 Å². The Balaban J connectivity index is 2.32. The molecule has 1 aliphatic rings. The molecule has 0 saturated heterocycles. The highest BCUT2D eigenvalue weighted by atomic mass is 32.2. The molecule has 180 valence electrons. The Labute approximate surface area is 193 Å². The predicted octanol–water partition coefficient (Wildman–Crippen LogP) is 6.44. The number of aliphatic hydroxyl groups is 1. The molecular formula is C25H44O5S. The lowest BCUT2D eigenvalue weighted by molar-refractivity contribution is -0.139. The molecule has 0 amide bonds. The van der Waals surface area contributed by atoms with Gasteiger partial charge >= 0.3 is 11.9 Å². The maximum atomic E-state index is 11.1. The van der Waals surface area contributed by atoms with E-state index >= 15 is 0 Å². The van der Waals surface area contributed by atoms with Gasteiger partial charge in [0.15, 0.2) is 0 Å². The highest BCUT2D eigenvalue weighted by molar-refractivity contribution is 8.00. The van der Waals surface area contributed by atoms with Crippen LogP contribution in [0.2, 0.25) is 0 Å². The van der Waals surface area contributed by atoms with Gasteiger partial charge in [-0.2, -0.15) is 11.8 Å². The van der Waals surface area contributed by atoms with Crippen LogP contribution >= 0.6 is 11.8 Å². The summed E-state index contributed by atoms with van der Waals surface area (Å²) < 4.78 is 0. The zero-order valence-corrected chi connectivity index (χ0v) is 20.2. The largest absolute Gasteiger partial charge is 0.481 e. The Kier molecular flexibility index (Phi) is 15.9. The number of thioether (sulfide) groups is 1. The van der Waals surface area contributed by atoms with Crippen LogP contribution in [0.4, 0.5) is 0 Å². The van der Waals surface area contributed by atoms with Gasteiger partial charge < -0.3 is 15.3 Å². The molecular weight excluding hydrogens is 412 g/mol. The predicted molar refractivity (Wildman–Crippen MR) is 129 cm³/mol. The molecule has 3 N–H and O–H groups in total. The minimum Gasteiger partial charge on any atom is -0.481 e. The van der Waals surface area contributed by atoms with E-state index in [9.17, 15) is 14.7 Å². The summed E-state index contributed by atoms with van der Waals surface area (Å²) in [6, 6.07) is 0. The van der Waals surface area contributed by atoms with Gasteiger partial charge in [-0.15, -0.1) is 0 Å². The van der Waals surface area contributed by atoms with Crippen molar-refractivity contribution in [3.63, 3.8) is 0 Å². The molecule has 0 bridgehead atoms. The molecule has 1 fully saturated rings. The van der Waals surface area contributed by atoms with Crippen molar-refractivity contribution in [2.75, 3.05) is 5.75 Å². The van der Waals surface area contributed by atoms with Crippen LogP contribution in [0.25, 0.3) is 0 Å². The number of carbonyl (C=O) groups is 2. The topological polar surface area (TPSA) is 94.8 Å². The van der Waals surface area contributed by atoms with Crippen molar-refractivity contribution < 1.29 is 24.9 Å². The molecule has 3 atom stereocenters. The summed E-state index contributed by atoms with van der Waals surface area (Å²) in [7, 11) is 0. The van der Waals surface area contributed by atoms with E-state index in [1.54, 1.807) is 0 Å². The molecule has 6 heteroatoms. The first-order valence-corrected chi connectivity index (χ1v) is 13.4. The molecule has 1 aliphatic carbocycles. The molecule has 0 aromatic rings. The summed E-state index contributed by atoms with van der Waals surface area (Å²) in [5.74, 6) is -1.54. The molecule has 1 rings (SSSR count). The normalized spacial score (nSPS) is 22.6. The van der Waals surface area contributed by atoms with Gasteiger partial charge in [-0.05, 0) is 31.6 Å². The number of aliphatic carboxylic acids is 2. The fourth-order valence-electron chi connectivity index (χ4n) is 4.37. The van der Waals surface area contributed by atoms with Crippen molar-refractivity contribution in [2.45, 2.75) is 121 Å². The smallest absolute Gasteiger partial charge is 0.304 e. The lowest BCUT2D eigenvalue weighted by atomic mass is 9.80. The Morgan fingerprint density at radius 3 is 2.06 bits per heavy atom. The van der Waals surface area contributed by atoms with Gasteiger partial charge in [-0.3, -0.25) is 9.59 Å². The third-order valence-corrected chi connectivity index (χ3v) is 7.61. The van der Waals surface area contributed by atoms with Gasteiger partial charge in [0, 0.05) is 5.75 Å². The molecule has 0 heterocycles. The highest BCUT2D eigenvalue weighted by Gasteiger charge is 2.36. The monoisotopic (exact) mass is 456 g/mol. The second kappa shape index (κ2) is 17.5. The van der Waals surface area contributed by atoms with Gasteiger partial charge in [0.05, 0.1) is 24.2 Å². The van der Waals surface area contributed by atoms with Crippen LogP contribution in [0.5, 0.6) is 0 Å². The number of hydrogen-bond acceptors (Lipinski definition) is 4. The van der Waals surface area contributed by atoms with Gasteiger partial charge in [0.25, 0.3) is 0 Å². The van der Waals surface area contributed by atoms with Crippen molar-refractivity contribution in [2.24, 2.45) is 5.92 Å². The van der Waals surface area contributed by atoms with Crippen LogP contribution in [-0.4, -0.2) is 44.4 Å². The fourth-order valence-corrected chi connectivity index (χ4v) is 5.77. The van der Waals surface area contributed by atoms with Gasteiger partial charge in [-0.1, -0.05) is 82.8 Å². The van der Waals surface area contributed by atoms with Crippen LogP contribution < -0.4 is 0 Å². The molecule has 0 aromatic carbocycles. The van der Waals surface area contributed by atoms with E-state index in [1.165, 1.54) is 81.5 Å². The first kappa shape index (κ1) is 28.0. The number of rotatable bonds is 18. The SMILES string of the molecule is CCCCCCCCCCCCC/C=C1\CC[C@@H](CC(=O)O)[C@@H](O)[C@@H]1SCCC(=O)O. The number of carboxylic acids is 2. The summed E-state index contributed by atoms with van der Waals surface area (Å²) in [5, 5.41) is 28.6. The van der Waals surface area contributed by atoms with Crippen molar-refractivity contribution in [1.29, 1.82) is 0 Å². The van der Waals surface area contributed by atoms with Crippen molar-refractivity contribution in [3.05, 3.63) is 11.6 Å². The number of allylic oxidation sites excluding steroid dienone is 1. The maximum absolute atomic E-state index is 11.1. The highest BCUT2D eigenvalue weighted by Crippen LogP contribution is 2.38. The summed E-state index contributed by atoms with van der Waals surface area (Å²) in [5.41, 5.74) is 1.18. The zero-order valence-electron chi connectivity index (χ0n) is 19.4. The van der Waals surface area contributed by atoms with Crippen molar-refractivity contribution in [3.8, 4) is 0 Å². The van der Waals surface area contributed by atoms with Crippen LogP contribution in [0.3, 0.4) is 0 Å². The van der Waals surface area contributed by atoms with E-state index in [2.05, 4.69) is 13.0 Å². The summed E-state index contributed by atoms with van der Waals surface area (Å²) in [6.07, 6.45) is 18.5. The number of carboxylic acid groups (broad SMARTS) is 2. The molecule has 0 aromatic heterocycles. The number of unbranched alkanes of at least 4 members (excludes halogenated alkanes) is 11. The second-order valence-electron chi connectivity index (χ2n) is 8.93. The summed E-state index contributed by atoms with van der Waals surface area (Å²) in [6.45, 7) is 2.25. The van der Waals surface area contributed by atoms with Crippen LogP contribution in [0.15, 0.2) is 11.6 Å². The Hall–Kier alpha value is -1.01. The van der Waals surface area contributed by atoms with E-state index in [-0.39, 0.29) is 24.0 Å². The zero-order chi connectivity index (χ0) is 22.9. The molecule has 31 heavy (non-hydrogen) atoms. The van der Waals surface area contributed by atoms with E-state index < -0.39 is 18.0 Å². The van der Waals surface area contributed by atoms with E-state index in [4.69, 9.17) is 10.2 Å². The Morgan fingerprint density at radius 2 is 1.52 bits per heavy atom. The number of aliphatic hydroxyl groups excluding tert-OH is 1. The van der Waals surface area contributed by atoms with Crippen LogP contribution in [-0.2, 0) is 9.59 Å². The lowest BCUT2D eigenvalue weighted by Crippen LogP contribution is -2.38. The van der Waals surface area contributed by atoms with Crippen LogP contribution in [0, 0.1) is 5.92 Å². The van der Waals surface area contributed by atoms with E-state index in [0.29, 0.717) is 12.2 Å². The standard InChI is InChI=1S/C25H44O5S/c1-2-3-4-5-6-7-8-9-10-11-12-13-14-20-15-16-21(19-23(28)29)24(30)25(20)31-18-17-22(26)27/h14,21,24-25,30H,2-13,15-19H2,1H3,(H,26,27)(H,28,29)/b20-14+/t21-,24+,25+/m0/s1. The molecule has 0 radical (unpaired) electrons. The van der Waals surface area contributed by atoms with E-state index in [0.717, 1.165) is 19.3 Å². The average Bonchev–Trinajstić information content (AvgIpc) is 2.72. The fraction of sp³-hybridized carbons (Fsp3) is 0.840. The molecule has 1 saturated carbocycles. The third-order valence-electron chi connectivity index (χ3n) is 6.23. The summed E-state index contributed by atoms with van der Waals surface area (Å²) in [4.78, 5) is 21.9. The van der Waals surface area contributed by atoms with Gasteiger partial charge in [-0.25, -0.2) is 0 Å². The third kappa shape index (κ3) is 13.2. The molecule has 0 unspecified atom stereocenters. The summed E-state index contributed by atoms with van der Waals surface area (Å²) >= 11 is 1.46. The average molecular weight is 457 g/mol. The quantitative estimate of drug-likeness (QED) is 0.162. The first-order chi connectivity index (χ1) is 15.0.